The van der Waals surface area contributed by atoms with Crippen LogP contribution >= 0.6 is 0 Å². The van der Waals surface area contributed by atoms with Crippen LogP contribution in [-0.2, 0) is 9.63 Å². The first-order chi connectivity index (χ1) is 8.68. The number of hydroxylamine groups is 1. The van der Waals surface area contributed by atoms with Crippen LogP contribution in [0.25, 0.3) is 0 Å². The molecular weight excluding hydrogens is 226 g/mol. The third kappa shape index (κ3) is 11.4. The van der Waals surface area contributed by atoms with Gasteiger partial charge in [0.05, 0.1) is 6.61 Å². The second kappa shape index (κ2) is 12.4. The Hall–Kier alpha value is -1.09. The number of carbonyl (C=O) groups is 1. The Morgan fingerprint density at radius 2 is 1.83 bits per heavy atom. The fraction of sp³-hybridized carbons (Fsp3) is 0.667. The highest BCUT2D eigenvalue weighted by Crippen LogP contribution is 2.02. The summed E-state index contributed by atoms with van der Waals surface area (Å²) in [5, 5.41) is 0. The van der Waals surface area contributed by atoms with Crippen molar-refractivity contribution in [2.75, 3.05) is 6.61 Å². The van der Waals surface area contributed by atoms with Crippen molar-refractivity contribution in [1.29, 1.82) is 0 Å². The second-order valence-corrected chi connectivity index (χ2v) is 4.52. The van der Waals surface area contributed by atoms with Gasteiger partial charge >= 0.3 is 0 Å². The molecule has 0 aliphatic heterocycles. The van der Waals surface area contributed by atoms with Crippen LogP contribution < -0.4 is 5.48 Å². The van der Waals surface area contributed by atoms with Gasteiger partial charge in [0.25, 0.3) is 5.91 Å². The minimum absolute atomic E-state index is 0.242. The minimum atomic E-state index is -0.242. The molecule has 0 aromatic rings. The maximum absolute atomic E-state index is 11.1. The Balaban J connectivity index is 3.19. The fourth-order valence-corrected chi connectivity index (χ4v) is 1.37. The highest BCUT2D eigenvalue weighted by atomic mass is 16.6. The zero-order chi connectivity index (χ0) is 13.6. The van der Waals surface area contributed by atoms with Crippen molar-refractivity contribution in [1.82, 2.24) is 5.48 Å². The van der Waals surface area contributed by atoms with E-state index in [2.05, 4.69) is 31.1 Å². The van der Waals surface area contributed by atoms with Crippen LogP contribution in [0.4, 0.5) is 0 Å². The lowest BCUT2D eigenvalue weighted by Gasteiger charge is -2.04. The van der Waals surface area contributed by atoms with Crippen molar-refractivity contribution in [2.45, 2.75) is 58.8 Å². The standard InChI is InChI=1S/C15H27NO2/c1-4-5-6-7-8-9-10-11-12-13-18-16-15(17)14(2)3/h7-8H,2,4-6,9-13H2,1,3H3,(H,16,17)/b8-7+. The van der Waals surface area contributed by atoms with Gasteiger partial charge in [-0.15, -0.1) is 0 Å². The van der Waals surface area contributed by atoms with Crippen molar-refractivity contribution in [3.8, 4) is 0 Å². The molecule has 0 saturated carbocycles. The van der Waals surface area contributed by atoms with E-state index >= 15 is 0 Å². The highest BCUT2D eigenvalue weighted by molar-refractivity contribution is 5.91. The Labute approximate surface area is 111 Å². The molecule has 3 nitrogen and oxygen atoms in total. The molecule has 0 rings (SSSR count). The lowest BCUT2D eigenvalue weighted by molar-refractivity contribution is -0.129. The van der Waals surface area contributed by atoms with Gasteiger partial charge in [0.1, 0.15) is 0 Å². The van der Waals surface area contributed by atoms with Crippen LogP contribution in [0.1, 0.15) is 58.8 Å². The van der Waals surface area contributed by atoms with Gasteiger partial charge in [0.15, 0.2) is 0 Å². The van der Waals surface area contributed by atoms with Crippen LogP contribution in [0.3, 0.4) is 0 Å². The molecule has 0 aliphatic rings. The largest absolute Gasteiger partial charge is 0.273 e. The molecule has 0 aromatic carbocycles. The summed E-state index contributed by atoms with van der Waals surface area (Å²) in [4.78, 5) is 16.1. The number of allylic oxidation sites excluding steroid dienone is 2. The molecule has 0 bridgehead atoms. The van der Waals surface area contributed by atoms with Crippen LogP contribution in [0.15, 0.2) is 24.3 Å². The van der Waals surface area contributed by atoms with E-state index < -0.39 is 0 Å². The Kier molecular flexibility index (Phi) is 11.6. The van der Waals surface area contributed by atoms with Gasteiger partial charge in [-0.3, -0.25) is 9.63 Å². The molecule has 1 N–H and O–H groups in total. The van der Waals surface area contributed by atoms with Gasteiger partial charge in [-0.1, -0.05) is 44.9 Å². The van der Waals surface area contributed by atoms with E-state index in [1.54, 1.807) is 6.92 Å². The summed E-state index contributed by atoms with van der Waals surface area (Å²) in [6.45, 7) is 7.96. The first-order valence-electron chi connectivity index (χ1n) is 6.91. The summed E-state index contributed by atoms with van der Waals surface area (Å²) in [5.41, 5.74) is 2.82. The summed E-state index contributed by atoms with van der Waals surface area (Å²) < 4.78 is 0. The molecule has 0 aliphatic carbocycles. The third-order valence-electron chi connectivity index (χ3n) is 2.56. The zero-order valence-electron chi connectivity index (χ0n) is 11.8. The number of unbranched alkanes of at least 4 members (excludes halogenated alkanes) is 5. The molecule has 0 unspecified atom stereocenters. The van der Waals surface area contributed by atoms with Crippen molar-refractivity contribution in [2.24, 2.45) is 0 Å². The molecule has 104 valence electrons. The van der Waals surface area contributed by atoms with Gasteiger partial charge < -0.3 is 0 Å². The maximum Gasteiger partial charge on any atom is 0.269 e. The second-order valence-electron chi connectivity index (χ2n) is 4.52. The molecule has 0 fully saturated rings. The first kappa shape index (κ1) is 16.9. The quantitative estimate of drug-likeness (QED) is 0.262. The molecule has 1 amide bonds. The van der Waals surface area contributed by atoms with E-state index in [1.165, 1.54) is 25.7 Å². The SMILES string of the molecule is C=C(C)C(=O)NOCCCCC/C=C/CCCC. The number of carbonyl (C=O) groups excluding carboxylic acids is 1. The Morgan fingerprint density at radius 3 is 2.44 bits per heavy atom. The van der Waals surface area contributed by atoms with Crippen LogP contribution in [0, 0.1) is 0 Å². The monoisotopic (exact) mass is 253 g/mol. The smallest absolute Gasteiger partial charge is 0.269 e. The lowest BCUT2D eigenvalue weighted by atomic mass is 10.1. The van der Waals surface area contributed by atoms with Crippen molar-refractivity contribution >= 4 is 5.91 Å². The molecule has 0 aromatic heterocycles. The summed E-state index contributed by atoms with van der Waals surface area (Å²) in [6.07, 6.45) is 12.7. The van der Waals surface area contributed by atoms with E-state index in [-0.39, 0.29) is 5.91 Å². The molecule has 0 atom stereocenters. The van der Waals surface area contributed by atoms with E-state index in [0.717, 1.165) is 19.3 Å². The molecule has 0 radical (unpaired) electrons. The molecule has 0 heterocycles. The summed E-state index contributed by atoms with van der Waals surface area (Å²) in [6, 6.07) is 0. The van der Waals surface area contributed by atoms with Crippen LogP contribution in [-0.4, -0.2) is 12.5 Å². The average Bonchev–Trinajstić information content (AvgIpc) is 2.35. The Bertz CT molecular complexity index is 259. The molecule has 3 heteroatoms. The van der Waals surface area contributed by atoms with E-state index in [4.69, 9.17) is 4.84 Å². The van der Waals surface area contributed by atoms with E-state index in [0.29, 0.717) is 12.2 Å². The number of hydrogen-bond acceptors (Lipinski definition) is 2. The minimum Gasteiger partial charge on any atom is -0.273 e. The summed E-state index contributed by atoms with van der Waals surface area (Å²) in [7, 11) is 0. The van der Waals surface area contributed by atoms with Gasteiger partial charge in [0, 0.05) is 5.57 Å². The molecule has 0 spiro atoms. The van der Waals surface area contributed by atoms with Crippen LogP contribution in [0.5, 0.6) is 0 Å². The normalized spacial score (nSPS) is 10.8. The topological polar surface area (TPSA) is 38.3 Å². The average molecular weight is 253 g/mol. The van der Waals surface area contributed by atoms with Gasteiger partial charge in [-0.25, -0.2) is 5.48 Å². The summed E-state index contributed by atoms with van der Waals surface area (Å²) in [5.74, 6) is -0.242. The number of hydrogen-bond donors (Lipinski definition) is 1. The predicted molar refractivity (Wildman–Crippen MR) is 76.0 cm³/mol. The lowest BCUT2D eigenvalue weighted by Crippen LogP contribution is -2.24. The Morgan fingerprint density at radius 1 is 1.17 bits per heavy atom. The van der Waals surface area contributed by atoms with Gasteiger partial charge in [0.2, 0.25) is 0 Å². The molecule has 0 saturated heterocycles. The van der Waals surface area contributed by atoms with E-state index in [9.17, 15) is 4.79 Å². The number of nitrogens with one attached hydrogen (secondary N) is 1. The molecular formula is C15H27NO2. The number of rotatable bonds is 11. The highest BCUT2D eigenvalue weighted by Gasteiger charge is 1.99. The van der Waals surface area contributed by atoms with E-state index in [1.807, 2.05) is 0 Å². The van der Waals surface area contributed by atoms with Crippen molar-refractivity contribution < 1.29 is 9.63 Å². The predicted octanol–water partition coefficient (Wildman–Crippen LogP) is 3.92. The first-order valence-corrected chi connectivity index (χ1v) is 6.91. The third-order valence-corrected chi connectivity index (χ3v) is 2.56. The van der Waals surface area contributed by atoms with Crippen LogP contribution in [0.2, 0.25) is 0 Å². The van der Waals surface area contributed by atoms with Gasteiger partial charge in [-0.05, 0) is 32.6 Å². The molecule has 18 heavy (non-hydrogen) atoms. The maximum atomic E-state index is 11.1. The number of amides is 1. The summed E-state index contributed by atoms with van der Waals surface area (Å²) >= 11 is 0. The van der Waals surface area contributed by atoms with Gasteiger partial charge in [-0.2, -0.15) is 0 Å². The van der Waals surface area contributed by atoms with Crippen molar-refractivity contribution in [3.63, 3.8) is 0 Å². The van der Waals surface area contributed by atoms with Crippen molar-refractivity contribution in [3.05, 3.63) is 24.3 Å². The zero-order valence-corrected chi connectivity index (χ0v) is 11.8. The fourth-order valence-electron chi connectivity index (χ4n) is 1.37.